The molecule has 0 aliphatic heterocycles. The van der Waals surface area contributed by atoms with Crippen molar-refractivity contribution in [2.45, 2.75) is 44.8 Å². The molecule has 1 heterocycles. The minimum atomic E-state index is -0.136. The summed E-state index contributed by atoms with van der Waals surface area (Å²) in [5, 5.41) is 19.4. The second-order valence-corrected chi connectivity index (χ2v) is 6.76. The Hall–Kier alpha value is -2.34. The molecule has 1 saturated carbocycles. The first-order valence-electron chi connectivity index (χ1n) is 8.93. The highest BCUT2D eigenvalue weighted by molar-refractivity contribution is 5.74. The molecule has 134 valence electrons. The summed E-state index contributed by atoms with van der Waals surface area (Å²) in [6.07, 6.45) is 7.58. The molecule has 0 radical (unpaired) electrons. The molecular formula is C19H26N4O2. The summed E-state index contributed by atoms with van der Waals surface area (Å²) in [7, 11) is 0. The number of benzene rings is 1. The van der Waals surface area contributed by atoms with Gasteiger partial charge in [0.1, 0.15) is 0 Å². The highest BCUT2D eigenvalue weighted by atomic mass is 16.3. The van der Waals surface area contributed by atoms with E-state index in [0.29, 0.717) is 12.5 Å². The zero-order valence-corrected chi connectivity index (χ0v) is 14.4. The van der Waals surface area contributed by atoms with Crippen molar-refractivity contribution < 1.29 is 9.90 Å². The van der Waals surface area contributed by atoms with Crippen molar-refractivity contribution >= 4 is 6.03 Å². The van der Waals surface area contributed by atoms with Crippen molar-refractivity contribution in [2.24, 2.45) is 5.92 Å². The first-order valence-corrected chi connectivity index (χ1v) is 8.93. The first-order chi connectivity index (χ1) is 12.2. The quantitative estimate of drug-likeness (QED) is 0.753. The largest absolute Gasteiger partial charge is 0.396 e. The predicted molar refractivity (Wildman–Crippen MR) is 96.0 cm³/mol. The standard InChI is InChI=1S/C19H26N4O2/c24-14-16-6-8-18(9-7-16)22-19(25)20-10-17-11-21-23(13-17)12-15-4-2-1-3-5-15/h1-5,11,13,16,18,24H,6-10,12,14H2,(H2,20,22,25). The van der Waals surface area contributed by atoms with Gasteiger partial charge in [0, 0.05) is 31.0 Å². The van der Waals surface area contributed by atoms with Gasteiger partial charge in [-0.25, -0.2) is 4.79 Å². The molecule has 1 fully saturated rings. The SMILES string of the molecule is O=C(NCc1cnn(Cc2ccccc2)c1)NC1CCC(CO)CC1. The van der Waals surface area contributed by atoms with E-state index in [1.54, 1.807) is 6.20 Å². The van der Waals surface area contributed by atoms with Crippen LogP contribution in [-0.2, 0) is 13.1 Å². The molecule has 2 aromatic rings. The summed E-state index contributed by atoms with van der Waals surface area (Å²) < 4.78 is 1.88. The van der Waals surface area contributed by atoms with E-state index in [4.69, 9.17) is 5.11 Å². The number of hydrogen-bond donors (Lipinski definition) is 3. The van der Waals surface area contributed by atoms with Gasteiger partial charge in [0.15, 0.2) is 0 Å². The fourth-order valence-corrected chi connectivity index (χ4v) is 3.26. The van der Waals surface area contributed by atoms with Crippen LogP contribution in [0.3, 0.4) is 0 Å². The molecule has 2 amide bonds. The lowest BCUT2D eigenvalue weighted by Gasteiger charge is -2.27. The van der Waals surface area contributed by atoms with Crippen molar-refractivity contribution in [3.8, 4) is 0 Å². The maximum absolute atomic E-state index is 12.0. The van der Waals surface area contributed by atoms with Gasteiger partial charge < -0.3 is 15.7 Å². The van der Waals surface area contributed by atoms with Gasteiger partial charge in [0.05, 0.1) is 12.7 Å². The lowest BCUT2D eigenvalue weighted by Crippen LogP contribution is -2.43. The Balaban J connectivity index is 1.40. The molecule has 0 bridgehead atoms. The maximum atomic E-state index is 12.0. The highest BCUT2D eigenvalue weighted by Gasteiger charge is 2.21. The van der Waals surface area contributed by atoms with Gasteiger partial charge in [-0.3, -0.25) is 4.68 Å². The van der Waals surface area contributed by atoms with Crippen LogP contribution in [0.5, 0.6) is 0 Å². The van der Waals surface area contributed by atoms with Crippen molar-refractivity contribution in [3.05, 3.63) is 53.9 Å². The number of amides is 2. The number of aliphatic hydroxyl groups is 1. The summed E-state index contributed by atoms with van der Waals surface area (Å²) >= 11 is 0. The number of aliphatic hydroxyl groups excluding tert-OH is 1. The normalized spacial score (nSPS) is 20.2. The van der Waals surface area contributed by atoms with Gasteiger partial charge in [-0.15, -0.1) is 0 Å². The lowest BCUT2D eigenvalue weighted by molar-refractivity contribution is 0.174. The van der Waals surface area contributed by atoms with Gasteiger partial charge in [-0.1, -0.05) is 30.3 Å². The average molecular weight is 342 g/mol. The number of carbonyl (C=O) groups is 1. The van der Waals surface area contributed by atoms with E-state index >= 15 is 0 Å². The van der Waals surface area contributed by atoms with E-state index in [1.165, 1.54) is 5.56 Å². The molecule has 1 aliphatic carbocycles. The molecule has 0 spiro atoms. The number of hydrogen-bond acceptors (Lipinski definition) is 3. The van der Waals surface area contributed by atoms with Gasteiger partial charge in [-0.05, 0) is 37.2 Å². The Bertz CT molecular complexity index is 663. The number of carbonyl (C=O) groups excluding carboxylic acids is 1. The van der Waals surface area contributed by atoms with Crippen LogP contribution in [0.4, 0.5) is 4.79 Å². The molecule has 6 nitrogen and oxygen atoms in total. The summed E-state index contributed by atoms with van der Waals surface area (Å²) in [6.45, 7) is 1.44. The number of nitrogens with one attached hydrogen (secondary N) is 2. The number of nitrogens with zero attached hydrogens (tertiary/aromatic N) is 2. The van der Waals surface area contributed by atoms with Crippen LogP contribution in [0.2, 0.25) is 0 Å². The number of rotatable bonds is 6. The van der Waals surface area contributed by atoms with Crippen molar-refractivity contribution in [1.29, 1.82) is 0 Å². The first kappa shape index (κ1) is 17.5. The van der Waals surface area contributed by atoms with Crippen LogP contribution in [0.1, 0.15) is 36.8 Å². The van der Waals surface area contributed by atoms with Crippen LogP contribution >= 0.6 is 0 Å². The molecule has 0 atom stereocenters. The minimum absolute atomic E-state index is 0.136. The lowest BCUT2D eigenvalue weighted by atomic mass is 9.87. The van der Waals surface area contributed by atoms with Crippen molar-refractivity contribution in [3.63, 3.8) is 0 Å². The molecule has 1 aromatic carbocycles. The van der Waals surface area contributed by atoms with Gasteiger partial charge in [0.25, 0.3) is 0 Å². The monoisotopic (exact) mass is 342 g/mol. The molecule has 3 N–H and O–H groups in total. The van der Waals surface area contributed by atoms with Gasteiger partial charge in [-0.2, -0.15) is 5.10 Å². The van der Waals surface area contributed by atoms with Crippen LogP contribution < -0.4 is 10.6 Å². The highest BCUT2D eigenvalue weighted by Crippen LogP contribution is 2.23. The van der Waals surface area contributed by atoms with Crippen LogP contribution in [0.15, 0.2) is 42.7 Å². The Labute approximate surface area is 148 Å². The molecule has 6 heteroatoms. The summed E-state index contributed by atoms with van der Waals surface area (Å²) in [4.78, 5) is 12.0. The summed E-state index contributed by atoms with van der Waals surface area (Å²) in [5.41, 5.74) is 2.18. The van der Waals surface area contributed by atoms with E-state index in [9.17, 15) is 4.79 Å². The van der Waals surface area contributed by atoms with Crippen molar-refractivity contribution in [2.75, 3.05) is 6.61 Å². The summed E-state index contributed by atoms with van der Waals surface area (Å²) in [5.74, 6) is 0.400. The zero-order valence-electron chi connectivity index (χ0n) is 14.4. The molecule has 1 aromatic heterocycles. The van der Waals surface area contributed by atoms with Crippen molar-refractivity contribution in [1.82, 2.24) is 20.4 Å². The van der Waals surface area contributed by atoms with E-state index in [1.807, 2.05) is 29.1 Å². The zero-order chi connectivity index (χ0) is 17.5. The second kappa shape index (κ2) is 8.67. The Kier molecular flexibility index (Phi) is 6.06. The Morgan fingerprint density at radius 1 is 1.16 bits per heavy atom. The maximum Gasteiger partial charge on any atom is 0.315 e. The molecule has 1 aliphatic rings. The van der Waals surface area contributed by atoms with E-state index in [-0.39, 0.29) is 18.7 Å². The molecular weight excluding hydrogens is 316 g/mol. The van der Waals surface area contributed by atoms with Crippen LogP contribution in [-0.4, -0.2) is 33.6 Å². The predicted octanol–water partition coefficient (Wildman–Crippen LogP) is 2.28. The third-order valence-corrected chi connectivity index (χ3v) is 4.77. The average Bonchev–Trinajstić information content (AvgIpc) is 3.09. The van der Waals surface area contributed by atoms with Gasteiger partial charge in [0.2, 0.25) is 0 Å². The third-order valence-electron chi connectivity index (χ3n) is 4.77. The smallest absolute Gasteiger partial charge is 0.315 e. The Morgan fingerprint density at radius 3 is 2.64 bits per heavy atom. The molecule has 25 heavy (non-hydrogen) atoms. The van der Waals surface area contributed by atoms with Gasteiger partial charge >= 0.3 is 6.03 Å². The van der Waals surface area contributed by atoms with Crippen LogP contribution in [0, 0.1) is 5.92 Å². The topological polar surface area (TPSA) is 79.2 Å². The molecule has 0 saturated heterocycles. The fourth-order valence-electron chi connectivity index (χ4n) is 3.26. The minimum Gasteiger partial charge on any atom is -0.396 e. The fraction of sp³-hybridized carbons (Fsp3) is 0.474. The van der Waals surface area contributed by atoms with E-state index < -0.39 is 0 Å². The number of aromatic nitrogens is 2. The molecule has 0 unspecified atom stereocenters. The van der Waals surface area contributed by atoms with E-state index in [0.717, 1.165) is 37.8 Å². The van der Waals surface area contributed by atoms with Crippen LogP contribution in [0.25, 0.3) is 0 Å². The second-order valence-electron chi connectivity index (χ2n) is 6.76. The van der Waals surface area contributed by atoms with E-state index in [2.05, 4.69) is 27.9 Å². The third kappa shape index (κ3) is 5.32. The Morgan fingerprint density at radius 2 is 1.92 bits per heavy atom. The summed E-state index contributed by atoms with van der Waals surface area (Å²) in [6, 6.07) is 10.2. The number of urea groups is 1. The molecule has 3 rings (SSSR count).